The zero-order valence-electron chi connectivity index (χ0n) is 6.08. The molecule has 1 aromatic carbocycles. The van der Waals surface area contributed by atoms with Crippen molar-refractivity contribution in [1.29, 1.82) is 0 Å². The second-order valence-corrected chi connectivity index (χ2v) is 2.83. The molecule has 2 radical (unpaired) electrons. The Bertz CT molecular complexity index is 306. The van der Waals surface area contributed by atoms with Gasteiger partial charge < -0.3 is 0 Å². The number of carbonyl (C=O) groups is 1. The van der Waals surface area contributed by atoms with Crippen molar-refractivity contribution >= 4 is 13.6 Å². The van der Waals surface area contributed by atoms with Gasteiger partial charge in [0.05, 0.1) is 7.85 Å². The Morgan fingerprint density at radius 2 is 2.09 bits per heavy atom. The van der Waals surface area contributed by atoms with Gasteiger partial charge in [-0.05, 0) is 17.8 Å². The van der Waals surface area contributed by atoms with E-state index < -0.39 is 0 Å². The highest BCUT2D eigenvalue weighted by Gasteiger charge is 2.25. The van der Waals surface area contributed by atoms with Gasteiger partial charge in [0, 0.05) is 5.56 Å². The van der Waals surface area contributed by atoms with Crippen LogP contribution in [0.15, 0.2) is 24.3 Å². The Kier molecular flexibility index (Phi) is 1.35. The van der Waals surface area contributed by atoms with Crippen LogP contribution in [0.3, 0.4) is 0 Å². The van der Waals surface area contributed by atoms with E-state index in [-0.39, 0.29) is 11.6 Å². The highest BCUT2D eigenvalue weighted by Crippen LogP contribution is 2.27. The molecule has 0 heterocycles. The van der Waals surface area contributed by atoms with Gasteiger partial charge in [-0.2, -0.15) is 0 Å². The van der Waals surface area contributed by atoms with Crippen LogP contribution in [-0.2, 0) is 6.42 Å². The number of hydrogen-bond acceptors (Lipinski definition) is 1. The topological polar surface area (TPSA) is 17.1 Å². The molecule has 0 spiro atoms. The maximum absolute atomic E-state index is 11.3. The lowest BCUT2D eigenvalue weighted by Gasteiger charge is -1.93. The highest BCUT2D eigenvalue weighted by molar-refractivity contribution is 6.29. The lowest BCUT2D eigenvalue weighted by molar-refractivity contribution is 0.0995. The lowest BCUT2D eigenvalue weighted by atomic mass is 9.84. The molecule has 0 N–H and O–H groups in total. The first-order valence-corrected chi connectivity index (χ1v) is 3.67. The predicted molar refractivity (Wildman–Crippen MR) is 44.0 cm³/mol. The Balaban J connectivity index is 2.55. The van der Waals surface area contributed by atoms with Gasteiger partial charge in [0.2, 0.25) is 0 Å². The van der Waals surface area contributed by atoms with Crippen molar-refractivity contribution in [2.75, 3.05) is 0 Å². The summed E-state index contributed by atoms with van der Waals surface area (Å²) in [6.07, 6.45) is 0.703. The SMILES string of the molecule is [B]C1Cc2ccccc2C1=O. The van der Waals surface area contributed by atoms with Gasteiger partial charge in [0.15, 0.2) is 5.78 Å². The van der Waals surface area contributed by atoms with Crippen LogP contribution in [0.4, 0.5) is 0 Å². The average Bonchev–Trinajstić information content (AvgIpc) is 2.30. The molecule has 0 fully saturated rings. The molecular formula is C9H7BO. The molecule has 1 aromatic rings. The third kappa shape index (κ3) is 0.899. The summed E-state index contributed by atoms with van der Waals surface area (Å²) in [5.74, 6) is -0.215. The molecule has 0 saturated carbocycles. The summed E-state index contributed by atoms with van der Waals surface area (Å²) < 4.78 is 0. The molecule has 1 aliphatic carbocycles. The number of rotatable bonds is 0. The second kappa shape index (κ2) is 2.23. The summed E-state index contributed by atoms with van der Waals surface area (Å²) in [7, 11) is 5.58. The fraction of sp³-hybridized carbons (Fsp3) is 0.222. The third-order valence-electron chi connectivity index (χ3n) is 2.06. The lowest BCUT2D eigenvalue weighted by Crippen LogP contribution is -2.00. The third-order valence-corrected chi connectivity index (χ3v) is 2.06. The van der Waals surface area contributed by atoms with E-state index in [1.54, 1.807) is 0 Å². The van der Waals surface area contributed by atoms with Gasteiger partial charge in [-0.25, -0.2) is 0 Å². The molecule has 11 heavy (non-hydrogen) atoms. The number of Topliss-reactive ketones (excluding diaryl/α,β-unsaturated/α-hetero) is 1. The molecule has 0 saturated heterocycles. The number of benzene rings is 1. The van der Waals surface area contributed by atoms with E-state index in [2.05, 4.69) is 0 Å². The van der Waals surface area contributed by atoms with Crippen molar-refractivity contribution in [3.8, 4) is 0 Å². The van der Waals surface area contributed by atoms with Crippen LogP contribution in [0.25, 0.3) is 0 Å². The summed E-state index contributed by atoms with van der Waals surface area (Å²) >= 11 is 0. The first kappa shape index (κ1) is 6.65. The average molecular weight is 142 g/mol. The largest absolute Gasteiger partial charge is 0.295 e. The fourth-order valence-electron chi connectivity index (χ4n) is 1.47. The van der Waals surface area contributed by atoms with Crippen molar-refractivity contribution in [2.45, 2.75) is 12.2 Å². The van der Waals surface area contributed by atoms with Gasteiger partial charge in [-0.15, -0.1) is 0 Å². The molecule has 0 aliphatic heterocycles. The van der Waals surface area contributed by atoms with Crippen LogP contribution in [0.1, 0.15) is 15.9 Å². The molecule has 0 amide bonds. The first-order chi connectivity index (χ1) is 5.29. The molecule has 2 heteroatoms. The zero-order valence-corrected chi connectivity index (χ0v) is 6.08. The van der Waals surface area contributed by atoms with E-state index in [9.17, 15) is 4.79 Å². The van der Waals surface area contributed by atoms with Gasteiger partial charge in [0.1, 0.15) is 0 Å². The van der Waals surface area contributed by atoms with E-state index in [0.717, 1.165) is 11.1 Å². The summed E-state index contributed by atoms with van der Waals surface area (Å²) in [4.78, 5) is 11.3. The number of ketones is 1. The normalized spacial score (nSPS) is 21.8. The molecule has 1 nitrogen and oxygen atoms in total. The Morgan fingerprint density at radius 3 is 2.82 bits per heavy atom. The second-order valence-electron chi connectivity index (χ2n) is 2.83. The molecule has 1 aliphatic rings. The smallest absolute Gasteiger partial charge is 0.157 e. The summed E-state index contributed by atoms with van der Waals surface area (Å²) in [6, 6.07) is 7.60. The van der Waals surface area contributed by atoms with Crippen molar-refractivity contribution in [3.63, 3.8) is 0 Å². The molecule has 1 atom stereocenters. The van der Waals surface area contributed by atoms with Gasteiger partial charge in [-0.1, -0.05) is 24.3 Å². The van der Waals surface area contributed by atoms with Crippen LogP contribution < -0.4 is 0 Å². The number of hydrogen-bond donors (Lipinski definition) is 0. The predicted octanol–water partition coefficient (Wildman–Crippen LogP) is 1.38. The Labute approximate surface area is 66.8 Å². The van der Waals surface area contributed by atoms with E-state index in [4.69, 9.17) is 7.85 Å². The first-order valence-electron chi connectivity index (χ1n) is 3.67. The van der Waals surface area contributed by atoms with Crippen molar-refractivity contribution in [1.82, 2.24) is 0 Å². The quantitative estimate of drug-likeness (QED) is 0.500. The van der Waals surface area contributed by atoms with E-state index in [0.29, 0.717) is 6.42 Å². The molecule has 0 bridgehead atoms. The van der Waals surface area contributed by atoms with Crippen LogP contribution in [0, 0.1) is 0 Å². The number of fused-ring (bicyclic) bond motifs is 1. The van der Waals surface area contributed by atoms with E-state index >= 15 is 0 Å². The van der Waals surface area contributed by atoms with Crippen LogP contribution in [0.5, 0.6) is 0 Å². The van der Waals surface area contributed by atoms with Crippen molar-refractivity contribution in [3.05, 3.63) is 35.4 Å². The monoisotopic (exact) mass is 142 g/mol. The summed E-state index contributed by atoms with van der Waals surface area (Å²) in [5, 5.41) is 0. The van der Waals surface area contributed by atoms with Gasteiger partial charge >= 0.3 is 0 Å². The molecular weight excluding hydrogens is 135 g/mol. The molecule has 0 aromatic heterocycles. The molecule has 1 unspecified atom stereocenters. The van der Waals surface area contributed by atoms with Crippen molar-refractivity contribution < 1.29 is 4.79 Å². The van der Waals surface area contributed by atoms with Crippen LogP contribution in [-0.4, -0.2) is 13.6 Å². The van der Waals surface area contributed by atoms with Crippen molar-refractivity contribution in [2.24, 2.45) is 0 Å². The van der Waals surface area contributed by atoms with Crippen LogP contribution >= 0.6 is 0 Å². The molecule has 2 rings (SSSR count). The minimum absolute atomic E-state index is 0.0839. The van der Waals surface area contributed by atoms with Gasteiger partial charge in [-0.3, -0.25) is 4.79 Å². The van der Waals surface area contributed by atoms with E-state index in [1.807, 2.05) is 24.3 Å². The minimum Gasteiger partial charge on any atom is -0.295 e. The Morgan fingerprint density at radius 1 is 1.36 bits per heavy atom. The zero-order chi connectivity index (χ0) is 7.84. The van der Waals surface area contributed by atoms with Crippen LogP contribution in [0.2, 0.25) is 5.82 Å². The fourth-order valence-corrected chi connectivity index (χ4v) is 1.47. The number of carbonyl (C=O) groups excluding carboxylic acids is 1. The maximum atomic E-state index is 11.3. The summed E-state index contributed by atoms with van der Waals surface area (Å²) in [5.41, 5.74) is 1.89. The molecule has 52 valence electrons. The van der Waals surface area contributed by atoms with E-state index in [1.165, 1.54) is 0 Å². The Hall–Kier alpha value is -1.05. The maximum Gasteiger partial charge on any atom is 0.157 e. The minimum atomic E-state index is -0.299. The summed E-state index contributed by atoms with van der Waals surface area (Å²) in [6.45, 7) is 0. The van der Waals surface area contributed by atoms with Gasteiger partial charge in [0.25, 0.3) is 0 Å². The standard InChI is InChI=1S/C9H7BO/c10-8-5-6-3-1-2-4-7(6)9(8)11/h1-4,8H,5H2. The highest BCUT2D eigenvalue weighted by atomic mass is 16.1.